The summed E-state index contributed by atoms with van der Waals surface area (Å²) in [6, 6.07) is 5.53. The highest BCUT2D eigenvalue weighted by atomic mass is 16.4. The Bertz CT molecular complexity index is 586. The Kier molecular flexibility index (Phi) is 2.97. The third kappa shape index (κ3) is 1.90. The molecule has 0 aliphatic heterocycles. The van der Waals surface area contributed by atoms with Gasteiger partial charge in [0.2, 0.25) is 0 Å². The SMILES string of the molecule is CC(N=CC1=C(O)c2ccccc2C1=O)C(=O)[O-]. The van der Waals surface area contributed by atoms with Gasteiger partial charge in [-0.2, -0.15) is 0 Å². The number of nitrogens with zero attached hydrogens (tertiary/aromatic N) is 1. The Morgan fingerprint density at radius 1 is 1.39 bits per heavy atom. The summed E-state index contributed by atoms with van der Waals surface area (Å²) in [5.41, 5.74) is 0.826. The van der Waals surface area contributed by atoms with Crippen molar-refractivity contribution in [2.24, 2.45) is 4.99 Å². The molecular formula is C13H10NO4-. The van der Waals surface area contributed by atoms with E-state index in [1.807, 2.05) is 0 Å². The molecule has 18 heavy (non-hydrogen) atoms. The van der Waals surface area contributed by atoms with Crippen LogP contribution in [0.4, 0.5) is 0 Å². The molecule has 92 valence electrons. The minimum atomic E-state index is -1.34. The van der Waals surface area contributed by atoms with Crippen LogP contribution < -0.4 is 5.11 Å². The van der Waals surface area contributed by atoms with E-state index in [0.29, 0.717) is 11.1 Å². The van der Waals surface area contributed by atoms with Crippen LogP contribution in [0, 0.1) is 0 Å². The zero-order valence-electron chi connectivity index (χ0n) is 9.58. The Labute approximate surface area is 103 Å². The number of fused-ring (bicyclic) bond motifs is 1. The molecule has 5 heteroatoms. The summed E-state index contributed by atoms with van der Waals surface area (Å²) in [4.78, 5) is 26.1. The number of aliphatic hydroxyl groups excluding tert-OH is 1. The van der Waals surface area contributed by atoms with E-state index in [9.17, 15) is 19.8 Å². The van der Waals surface area contributed by atoms with Gasteiger partial charge in [-0.05, 0) is 6.92 Å². The lowest BCUT2D eigenvalue weighted by Gasteiger charge is -2.05. The van der Waals surface area contributed by atoms with E-state index < -0.39 is 12.0 Å². The molecule has 1 aliphatic rings. The van der Waals surface area contributed by atoms with Crippen LogP contribution in [0.3, 0.4) is 0 Å². The average molecular weight is 244 g/mol. The predicted octanol–water partition coefficient (Wildman–Crippen LogP) is 0.361. The first-order valence-corrected chi connectivity index (χ1v) is 5.33. The molecule has 0 fully saturated rings. The molecule has 0 spiro atoms. The predicted molar refractivity (Wildman–Crippen MR) is 63.3 cm³/mol. The number of hydrogen-bond donors (Lipinski definition) is 1. The molecule has 0 saturated heterocycles. The van der Waals surface area contributed by atoms with Gasteiger partial charge in [-0.15, -0.1) is 0 Å². The van der Waals surface area contributed by atoms with E-state index in [1.54, 1.807) is 24.3 Å². The molecule has 1 unspecified atom stereocenters. The Morgan fingerprint density at radius 2 is 2.00 bits per heavy atom. The van der Waals surface area contributed by atoms with Crippen LogP contribution in [0.25, 0.3) is 5.76 Å². The number of carbonyl (C=O) groups is 2. The zero-order valence-corrected chi connectivity index (χ0v) is 9.58. The van der Waals surface area contributed by atoms with Crippen LogP contribution in [0.2, 0.25) is 0 Å². The molecule has 5 nitrogen and oxygen atoms in total. The second-order valence-electron chi connectivity index (χ2n) is 3.91. The van der Waals surface area contributed by atoms with Crippen molar-refractivity contribution in [1.29, 1.82) is 0 Å². The lowest BCUT2D eigenvalue weighted by atomic mass is 10.1. The van der Waals surface area contributed by atoms with Crippen molar-refractivity contribution < 1.29 is 19.8 Å². The number of aliphatic imine (C=N–C) groups is 1. The maximum Gasteiger partial charge on any atom is 0.199 e. The van der Waals surface area contributed by atoms with Gasteiger partial charge < -0.3 is 15.0 Å². The fourth-order valence-corrected chi connectivity index (χ4v) is 1.65. The number of carboxylic acids is 1. The van der Waals surface area contributed by atoms with Gasteiger partial charge in [0.25, 0.3) is 0 Å². The van der Waals surface area contributed by atoms with E-state index in [4.69, 9.17) is 0 Å². The monoisotopic (exact) mass is 244 g/mol. The molecule has 0 aromatic heterocycles. The maximum atomic E-state index is 11.9. The van der Waals surface area contributed by atoms with E-state index in [1.165, 1.54) is 6.92 Å². The van der Waals surface area contributed by atoms with E-state index in [2.05, 4.69) is 4.99 Å². The number of rotatable bonds is 3. The minimum Gasteiger partial charge on any atom is -0.548 e. The van der Waals surface area contributed by atoms with Crippen LogP contribution in [0.15, 0.2) is 34.8 Å². The summed E-state index contributed by atoms with van der Waals surface area (Å²) in [7, 11) is 0. The van der Waals surface area contributed by atoms with Gasteiger partial charge in [0.15, 0.2) is 5.78 Å². The summed E-state index contributed by atoms with van der Waals surface area (Å²) >= 11 is 0. The summed E-state index contributed by atoms with van der Waals surface area (Å²) in [5, 5.41) is 20.4. The van der Waals surface area contributed by atoms with Crippen molar-refractivity contribution in [1.82, 2.24) is 0 Å². The molecule has 1 aliphatic carbocycles. The van der Waals surface area contributed by atoms with Crippen LogP contribution in [0.1, 0.15) is 22.8 Å². The Balaban J connectivity index is 2.35. The second kappa shape index (κ2) is 4.44. The number of Topliss-reactive ketones (excluding diaryl/α,β-unsaturated/α-hetero) is 1. The molecule has 0 amide bonds. The van der Waals surface area contributed by atoms with E-state index >= 15 is 0 Å². The first-order chi connectivity index (χ1) is 8.52. The average Bonchev–Trinajstić information content (AvgIpc) is 2.60. The van der Waals surface area contributed by atoms with Gasteiger partial charge in [0.05, 0.1) is 17.6 Å². The van der Waals surface area contributed by atoms with Crippen molar-refractivity contribution in [3.63, 3.8) is 0 Å². The maximum absolute atomic E-state index is 11.9. The molecule has 1 atom stereocenters. The van der Waals surface area contributed by atoms with Gasteiger partial charge in [-0.1, -0.05) is 24.3 Å². The molecule has 1 N–H and O–H groups in total. The van der Waals surface area contributed by atoms with Crippen molar-refractivity contribution >= 4 is 23.7 Å². The van der Waals surface area contributed by atoms with E-state index in [0.717, 1.165) is 6.21 Å². The standard InChI is InChI=1S/C13H11NO4/c1-7(13(17)18)14-6-10-11(15)8-4-2-3-5-9(8)12(10)16/h2-7,15H,1H3,(H,17,18)/p-1. The summed E-state index contributed by atoms with van der Waals surface area (Å²) in [5.74, 6) is -1.88. The number of hydrogen-bond acceptors (Lipinski definition) is 5. The van der Waals surface area contributed by atoms with Crippen molar-refractivity contribution in [2.45, 2.75) is 13.0 Å². The highest BCUT2D eigenvalue weighted by Gasteiger charge is 2.27. The lowest BCUT2D eigenvalue weighted by molar-refractivity contribution is -0.306. The summed E-state index contributed by atoms with van der Waals surface area (Å²) in [6.45, 7) is 1.33. The normalized spacial score (nSPS) is 16.2. The first kappa shape index (κ1) is 12.0. The van der Waals surface area contributed by atoms with Gasteiger partial charge in [0, 0.05) is 17.3 Å². The van der Waals surface area contributed by atoms with Crippen molar-refractivity contribution in [2.75, 3.05) is 0 Å². The van der Waals surface area contributed by atoms with Gasteiger partial charge >= 0.3 is 0 Å². The van der Waals surface area contributed by atoms with E-state index in [-0.39, 0.29) is 17.1 Å². The smallest absolute Gasteiger partial charge is 0.199 e. The van der Waals surface area contributed by atoms with Gasteiger partial charge in [-0.3, -0.25) is 9.79 Å². The molecular weight excluding hydrogens is 234 g/mol. The third-order valence-electron chi connectivity index (χ3n) is 2.69. The minimum absolute atomic E-state index is 0.00398. The number of aliphatic carboxylic acids is 1. The number of allylic oxidation sites excluding steroid dienone is 1. The van der Waals surface area contributed by atoms with Crippen LogP contribution in [-0.4, -0.2) is 29.1 Å². The number of carbonyl (C=O) groups excluding carboxylic acids is 2. The summed E-state index contributed by atoms with van der Waals surface area (Å²) in [6.07, 6.45) is 1.08. The Morgan fingerprint density at radius 3 is 2.56 bits per heavy atom. The van der Waals surface area contributed by atoms with Crippen LogP contribution >= 0.6 is 0 Å². The molecule has 1 aromatic rings. The van der Waals surface area contributed by atoms with Crippen molar-refractivity contribution in [3.05, 3.63) is 41.0 Å². The zero-order chi connectivity index (χ0) is 13.3. The molecule has 0 heterocycles. The van der Waals surface area contributed by atoms with Crippen LogP contribution in [0.5, 0.6) is 0 Å². The molecule has 1 aromatic carbocycles. The largest absolute Gasteiger partial charge is 0.548 e. The van der Waals surface area contributed by atoms with Gasteiger partial charge in [-0.25, -0.2) is 0 Å². The number of aliphatic hydroxyl groups is 1. The first-order valence-electron chi connectivity index (χ1n) is 5.33. The summed E-state index contributed by atoms with van der Waals surface area (Å²) < 4.78 is 0. The topological polar surface area (TPSA) is 89.8 Å². The molecule has 0 radical (unpaired) electrons. The second-order valence-corrected chi connectivity index (χ2v) is 3.91. The quantitative estimate of drug-likeness (QED) is 0.777. The van der Waals surface area contributed by atoms with Gasteiger partial charge in [0.1, 0.15) is 5.76 Å². The lowest BCUT2D eigenvalue weighted by Crippen LogP contribution is -2.32. The van der Waals surface area contributed by atoms with Crippen molar-refractivity contribution in [3.8, 4) is 0 Å². The third-order valence-corrected chi connectivity index (χ3v) is 2.69. The number of carboxylic acid groups (broad SMARTS) is 1. The molecule has 2 rings (SSSR count). The highest BCUT2D eigenvalue weighted by Crippen LogP contribution is 2.29. The van der Waals surface area contributed by atoms with Crippen LogP contribution in [-0.2, 0) is 4.79 Å². The molecule has 0 saturated carbocycles. The fraction of sp³-hybridized carbons (Fsp3) is 0.154. The number of ketones is 1. The number of benzene rings is 1. The fourth-order valence-electron chi connectivity index (χ4n) is 1.65. The molecule has 0 bridgehead atoms. The highest BCUT2D eigenvalue weighted by molar-refractivity contribution is 6.30. The Hall–Kier alpha value is -2.43.